The maximum absolute atomic E-state index is 12.5. The van der Waals surface area contributed by atoms with Crippen LogP contribution in [0.2, 0.25) is 15.1 Å². The Morgan fingerprint density at radius 1 is 0.824 bits per heavy atom. The summed E-state index contributed by atoms with van der Waals surface area (Å²) in [5, 5.41) is 8.94. The van der Waals surface area contributed by atoms with Gasteiger partial charge in [-0.25, -0.2) is 0 Å². The molecule has 0 aliphatic carbocycles. The first-order valence-electron chi connectivity index (χ1n) is 9.62. The van der Waals surface area contributed by atoms with E-state index in [1.807, 2.05) is 0 Å². The zero-order valence-corrected chi connectivity index (χ0v) is 21.0. The van der Waals surface area contributed by atoms with E-state index in [4.69, 9.17) is 56.5 Å². The molecule has 3 aromatic rings. The van der Waals surface area contributed by atoms with Gasteiger partial charge >= 0.3 is 0 Å². The molecule has 11 heteroatoms. The fourth-order valence-electron chi connectivity index (χ4n) is 2.93. The van der Waals surface area contributed by atoms with Gasteiger partial charge in [-0.2, -0.15) is 0 Å². The number of hydrogen-bond acceptors (Lipinski definition) is 5. The summed E-state index contributed by atoms with van der Waals surface area (Å²) in [5.74, 6) is -0.258. The van der Waals surface area contributed by atoms with Crippen molar-refractivity contribution in [1.82, 2.24) is 5.32 Å². The van der Waals surface area contributed by atoms with E-state index in [1.54, 1.807) is 42.5 Å². The van der Waals surface area contributed by atoms with E-state index < -0.39 is 5.91 Å². The number of benzene rings is 3. The molecule has 0 aromatic heterocycles. The van der Waals surface area contributed by atoms with Gasteiger partial charge in [0.25, 0.3) is 11.8 Å². The number of halogens is 3. The van der Waals surface area contributed by atoms with Gasteiger partial charge in [-0.1, -0.05) is 46.9 Å². The summed E-state index contributed by atoms with van der Waals surface area (Å²) in [5.41, 5.74) is 1.48. The lowest BCUT2D eigenvalue weighted by atomic mass is 10.2. The highest BCUT2D eigenvalue weighted by atomic mass is 35.5. The third-order valence-electron chi connectivity index (χ3n) is 4.52. The van der Waals surface area contributed by atoms with Crippen molar-refractivity contribution < 1.29 is 19.1 Å². The molecule has 0 aliphatic rings. The van der Waals surface area contributed by atoms with E-state index in [0.29, 0.717) is 27.7 Å². The Kier molecular flexibility index (Phi) is 8.57. The molecule has 0 unspecified atom stereocenters. The summed E-state index contributed by atoms with van der Waals surface area (Å²) in [6.45, 7) is 0. The van der Waals surface area contributed by atoms with E-state index >= 15 is 0 Å². The van der Waals surface area contributed by atoms with Crippen LogP contribution in [0, 0.1) is 0 Å². The van der Waals surface area contributed by atoms with Crippen LogP contribution in [-0.4, -0.2) is 31.1 Å². The number of methoxy groups -OCH3 is 2. The maximum atomic E-state index is 12.5. The molecule has 0 aliphatic heterocycles. The van der Waals surface area contributed by atoms with E-state index in [1.165, 1.54) is 26.4 Å². The van der Waals surface area contributed by atoms with Crippen molar-refractivity contribution >= 4 is 75.3 Å². The molecular formula is C23H18Cl3N3O4S. The molecular weight excluding hydrogens is 521 g/mol. The van der Waals surface area contributed by atoms with Crippen molar-refractivity contribution in [3.63, 3.8) is 0 Å². The van der Waals surface area contributed by atoms with Gasteiger partial charge in [0.2, 0.25) is 0 Å². The standard InChI is InChI=1S/C23H18Cl3N3O4S/c1-32-19-11-13(7-8-18(19)28-22(31)14-5-3-4-6-15(14)24)27-23(34)29-21(30)12-9-16(25)20(33-2)17(26)10-12/h3-11H,1-2H3,(H,28,31)(H2,27,29,30,34). The Bertz CT molecular complexity index is 1250. The Morgan fingerprint density at radius 3 is 2.12 bits per heavy atom. The Morgan fingerprint density at radius 2 is 1.50 bits per heavy atom. The molecule has 3 N–H and O–H groups in total. The number of hydrogen-bond donors (Lipinski definition) is 3. The minimum absolute atomic E-state index is 0.0305. The zero-order chi connectivity index (χ0) is 24.8. The topological polar surface area (TPSA) is 88.7 Å². The molecule has 34 heavy (non-hydrogen) atoms. The first-order valence-corrected chi connectivity index (χ1v) is 11.2. The molecule has 2 amide bonds. The molecule has 0 spiro atoms. The highest BCUT2D eigenvalue weighted by Gasteiger charge is 2.16. The highest BCUT2D eigenvalue weighted by molar-refractivity contribution is 7.80. The largest absolute Gasteiger partial charge is 0.494 e. The summed E-state index contributed by atoms with van der Waals surface area (Å²) >= 11 is 23.5. The summed E-state index contributed by atoms with van der Waals surface area (Å²) in [6, 6.07) is 14.4. The molecule has 0 atom stereocenters. The van der Waals surface area contributed by atoms with E-state index in [-0.39, 0.29) is 32.4 Å². The third-order valence-corrected chi connectivity index (χ3v) is 5.61. The quantitative estimate of drug-likeness (QED) is 0.332. The average Bonchev–Trinajstić information content (AvgIpc) is 2.79. The predicted molar refractivity (Wildman–Crippen MR) is 139 cm³/mol. The number of carbonyl (C=O) groups is 2. The first kappa shape index (κ1) is 25.6. The third kappa shape index (κ3) is 6.09. The van der Waals surface area contributed by atoms with Crippen LogP contribution < -0.4 is 25.4 Å². The summed E-state index contributed by atoms with van der Waals surface area (Å²) in [6.07, 6.45) is 0. The Labute approximate surface area is 216 Å². The molecule has 0 heterocycles. The van der Waals surface area contributed by atoms with Gasteiger partial charge in [0.05, 0.1) is 40.5 Å². The monoisotopic (exact) mass is 537 g/mol. The molecule has 0 saturated carbocycles. The number of rotatable bonds is 6. The predicted octanol–water partition coefficient (Wildman–Crippen LogP) is 6.04. The van der Waals surface area contributed by atoms with E-state index in [2.05, 4.69) is 16.0 Å². The molecule has 0 radical (unpaired) electrons. The van der Waals surface area contributed by atoms with Gasteiger partial charge in [0, 0.05) is 17.3 Å². The molecule has 3 rings (SSSR count). The summed E-state index contributed by atoms with van der Waals surface area (Å²) < 4.78 is 10.5. The fraction of sp³-hybridized carbons (Fsp3) is 0.0870. The van der Waals surface area contributed by atoms with Crippen molar-refractivity contribution in [2.75, 3.05) is 24.9 Å². The summed E-state index contributed by atoms with van der Waals surface area (Å²) in [4.78, 5) is 25.1. The molecule has 0 bridgehead atoms. The van der Waals surface area contributed by atoms with Crippen LogP contribution in [-0.2, 0) is 0 Å². The molecule has 176 valence electrons. The number of carbonyl (C=O) groups excluding carboxylic acids is 2. The van der Waals surface area contributed by atoms with Crippen molar-refractivity contribution in [3.8, 4) is 11.5 Å². The van der Waals surface area contributed by atoms with Crippen LogP contribution in [0.25, 0.3) is 0 Å². The second-order valence-corrected chi connectivity index (χ2v) is 8.36. The van der Waals surface area contributed by atoms with Gasteiger partial charge < -0.3 is 20.1 Å². The fourth-order valence-corrected chi connectivity index (χ4v) is 4.00. The smallest absolute Gasteiger partial charge is 0.257 e. The number of nitrogens with one attached hydrogen (secondary N) is 3. The normalized spacial score (nSPS) is 10.3. The number of ether oxygens (including phenoxy) is 2. The van der Waals surface area contributed by atoms with Gasteiger partial charge in [0.1, 0.15) is 5.75 Å². The van der Waals surface area contributed by atoms with Crippen molar-refractivity contribution in [3.05, 3.63) is 80.8 Å². The van der Waals surface area contributed by atoms with Crippen LogP contribution in [0.3, 0.4) is 0 Å². The van der Waals surface area contributed by atoms with Crippen molar-refractivity contribution in [2.45, 2.75) is 0 Å². The zero-order valence-electron chi connectivity index (χ0n) is 17.9. The first-order chi connectivity index (χ1) is 16.2. The molecule has 3 aromatic carbocycles. The van der Waals surface area contributed by atoms with Crippen LogP contribution in [0.15, 0.2) is 54.6 Å². The minimum atomic E-state index is -0.514. The van der Waals surface area contributed by atoms with Gasteiger partial charge in [0.15, 0.2) is 10.9 Å². The minimum Gasteiger partial charge on any atom is -0.494 e. The number of amides is 2. The van der Waals surface area contributed by atoms with E-state index in [0.717, 1.165) is 0 Å². The lowest BCUT2D eigenvalue weighted by Gasteiger charge is -2.14. The Hall–Kier alpha value is -3.04. The van der Waals surface area contributed by atoms with Gasteiger partial charge in [-0.3, -0.25) is 14.9 Å². The Balaban J connectivity index is 1.69. The van der Waals surface area contributed by atoms with Crippen LogP contribution in [0.5, 0.6) is 11.5 Å². The van der Waals surface area contributed by atoms with Crippen LogP contribution in [0.4, 0.5) is 11.4 Å². The molecule has 0 saturated heterocycles. The lowest BCUT2D eigenvalue weighted by molar-refractivity contribution is 0.0976. The SMILES string of the molecule is COc1cc(NC(=S)NC(=O)c2cc(Cl)c(OC)c(Cl)c2)ccc1NC(=O)c1ccccc1Cl. The number of anilines is 2. The number of thiocarbonyl (C=S) groups is 1. The van der Waals surface area contributed by atoms with E-state index in [9.17, 15) is 9.59 Å². The van der Waals surface area contributed by atoms with Crippen molar-refractivity contribution in [2.24, 2.45) is 0 Å². The van der Waals surface area contributed by atoms with Crippen LogP contribution >= 0.6 is 47.0 Å². The van der Waals surface area contributed by atoms with Gasteiger partial charge in [-0.15, -0.1) is 0 Å². The second-order valence-electron chi connectivity index (χ2n) is 6.73. The second kappa shape index (κ2) is 11.4. The highest BCUT2D eigenvalue weighted by Crippen LogP contribution is 2.34. The summed E-state index contributed by atoms with van der Waals surface area (Å²) in [7, 11) is 2.88. The van der Waals surface area contributed by atoms with Crippen LogP contribution in [0.1, 0.15) is 20.7 Å². The molecule has 7 nitrogen and oxygen atoms in total. The maximum Gasteiger partial charge on any atom is 0.257 e. The lowest BCUT2D eigenvalue weighted by Crippen LogP contribution is -2.34. The van der Waals surface area contributed by atoms with Gasteiger partial charge in [-0.05, 0) is 48.6 Å². The average molecular weight is 539 g/mol. The molecule has 0 fully saturated rings. The van der Waals surface area contributed by atoms with Crippen molar-refractivity contribution in [1.29, 1.82) is 0 Å².